The van der Waals surface area contributed by atoms with Crippen LogP contribution in [0, 0.1) is 12.8 Å². The van der Waals surface area contributed by atoms with Gasteiger partial charge in [0.2, 0.25) is 0 Å². The lowest BCUT2D eigenvalue weighted by molar-refractivity contribution is 0.0909. The Bertz CT molecular complexity index is 927. The average Bonchev–Trinajstić information content (AvgIpc) is 3.29. The highest BCUT2D eigenvalue weighted by atomic mass is 79.9. The van der Waals surface area contributed by atoms with Crippen molar-refractivity contribution in [3.8, 4) is 0 Å². The molecule has 1 N–H and O–H groups in total. The summed E-state index contributed by atoms with van der Waals surface area (Å²) in [6.45, 7) is 5.89. The zero-order valence-corrected chi connectivity index (χ0v) is 17.7. The number of furan rings is 1. The fourth-order valence-corrected chi connectivity index (χ4v) is 4.81. The monoisotopic (exact) mass is 446 g/mol. The molecule has 1 aliphatic heterocycles. The van der Waals surface area contributed by atoms with Crippen molar-refractivity contribution in [3.63, 3.8) is 0 Å². The number of fused-ring (bicyclic) bond motifs is 1. The number of hydrogen-bond donors (Lipinski definition) is 1. The molecule has 142 valence electrons. The summed E-state index contributed by atoms with van der Waals surface area (Å²) in [6, 6.07) is 10.1. The van der Waals surface area contributed by atoms with Gasteiger partial charge in [-0.3, -0.25) is 9.69 Å². The number of amides is 1. The van der Waals surface area contributed by atoms with Gasteiger partial charge in [-0.2, -0.15) is 0 Å². The summed E-state index contributed by atoms with van der Waals surface area (Å²) in [5, 5.41) is 6.20. The quantitative estimate of drug-likeness (QED) is 0.584. The Morgan fingerprint density at radius 2 is 2.15 bits per heavy atom. The predicted molar refractivity (Wildman–Crippen MR) is 113 cm³/mol. The topological polar surface area (TPSA) is 45.5 Å². The van der Waals surface area contributed by atoms with E-state index in [4.69, 9.17) is 4.42 Å². The number of rotatable bonds is 5. The first-order valence-electron chi connectivity index (χ1n) is 9.32. The number of hydrogen-bond acceptors (Lipinski definition) is 4. The smallest absolute Gasteiger partial charge is 0.287 e. The summed E-state index contributed by atoms with van der Waals surface area (Å²) in [5.41, 5.74) is 1.65. The summed E-state index contributed by atoms with van der Waals surface area (Å²) in [6.07, 6.45) is 2.25. The Kier molecular flexibility index (Phi) is 5.66. The van der Waals surface area contributed by atoms with E-state index in [1.807, 2.05) is 36.5 Å². The van der Waals surface area contributed by atoms with Crippen LogP contribution in [0.2, 0.25) is 0 Å². The summed E-state index contributed by atoms with van der Waals surface area (Å²) in [5.74, 6) is 0.853. The number of carbonyl (C=O) groups is 1. The lowest BCUT2D eigenvalue weighted by Crippen LogP contribution is -2.38. The fourth-order valence-electron chi connectivity index (χ4n) is 3.70. The molecule has 0 saturated carbocycles. The average molecular weight is 447 g/mol. The molecule has 0 radical (unpaired) electrons. The van der Waals surface area contributed by atoms with Gasteiger partial charge in [0.25, 0.3) is 5.91 Å². The second kappa shape index (κ2) is 8.17. The Labute approximate surface area is 171 Å². The number of benzene rings is 1. The van der Waals surface area contributed by atoms with Gasteiger partial charge in [-0.25, -0.2) is 0 Å². The third kappa shape index (κ3) is 4.28. The molecule has 1 aliphatic rings. The molecule has 0 bridgehead atoms. The van der Waals surface area contributed by atoms with Gasteiger partial charge in [-0.15, -0.1) is 11.3 Å². The molecule has 1 saturated heterocycles. The molecule has 3 heterocycles. The molecule has 0 unspecified atom stereocenters. The van der Waals surface area contributed by atoms with E-state index in [-0.39, 0.29) is 5.91 Å². The minimum atomic E-state index is -0.110. The Hall–Kier alpha value is -1.63. The van der Waals surface area contributed by atoms with Gasteiger partial charge < -0.3 is 9.73 Å². The number of thiophene rings is 1. The van der Waals surface area contributed by atoms with Crippen LogP contribution >= 0.6 is 27.3 Å². The first-order chi connectivity index (χ1) is 13.1. The number of piperidine rings is 1. The lowest BCUT2D eigenvalue weighted by atomic mass is 9.96. The van der Waals surface area contributed by atoms with Crippen molar-refractivity contribution in [3.05, 3.63) is 56.4 Å². The molecule has 3 aromatic rings. The van der Waals surface area contributed by atoms with E-state index in [9.17, 15) is 4.79 Å². The maximum absolute atomic E-state index is 12.6. The van der Waals surface area contributed by atoms with E-state index in [1.54, 1.807) is 0 Å². The van der Waals surface area contributed by atoms with E-state index in [1.165, 1.54) is 4.88 Å². The van der Waals surface area contributed by atoms with Gasteiger partial charge in [0.1, 0.15) is 5.58 Å². The molecule has 4 rings (SSSR count). The Balaban J connectivity index is 1.30. The van der Waals surface area contributed by atoms with Gasteiger partial charge in [0.15, 0.2) is 5.76 Å². The fraction of sp³-hybridized carbons (Fsp3) is 0.381. The van der Waals surface area contributed by atoms with Gasteiger partial charge in [0, 0.05) is 33.4 Å². The largest absolute Gasteiger partial charge is 0.451 e. The molecule has 0 atom stereocenters. The second-order valence-corrected chi connectivity index (χ2v) is 9.15. The van der Waals surface area contributed by atoms with Crippen LogP contribution in [0.4, 0.5) is 0 Å². The number of likely N-dealkylation sites (tertiary alicyclic amines) is 1. The van der Waals surface area contributed by atoms with Crippen molar-refractivity contribution in [2.75, 3.05) is 19.6 Å². The molecule has 4 nitrogen and oxygen atoms in total. The minimum absolute atomic E-state index is 0.110. The van der Waals surface area contributed by atoms with Gasteiger partial charge in [-0.05, 0) is 68.4 Å². The van der Waals surface area contributed by atoms with Crippen LogP contribution in [-0.4, -0.2) is 30.4 Å². The van der Waals surface area contributed by atoms with Crippen molar-refractivity contribution in [2.24, 2.45) is 5.92 Å². The molecule has 0 spiro atoms. The third-order valence-electron chi connectivity index (χ3n) is 5.32. The van der Waals surface area contributed by atoms with Crippen LogP contribution in [-0.2, 0) is 6.54 Å². The highest BCUT2D eigenvalue weighted by Crippen LogP contribution is 2.28. The summed E-state index contributed by atoms with van der Waals surface area (Å²) in [4.78, 5) is 16.5. The van der Waals surface area contributed by atoms with Crippen LogP contribution in [0.5, 0.6) is 0 Å². The highest BCUT2D eigenvalue weighted by Gasteiger charge is 2.22. The molecular formula is C21H23BrN2O2S. The maximum Gasteiger partial charge on any atom is 0.287 e. The molecule has 2 aromatic heterocycles. The van der Waals surface area contributed by atoms with Crippen molar-refractivity contribution >= 4 is 44.1 Å². The lowest BCUT2D eigenvalue weighted by Gasteiger charge is -2.31. The van der Waals surface area contributed by atoms with E-state index >= 15 is 0 Å². The van der Waals surface area contributed by atoms with Crippen molar-refractivity contribution in [1.29, 1.82) is 0 Å². The van der Waals surface area contributed by atoms with Crippen LogP contribution in [0.1, 0.15) is 33.8 Å². The van der Waals surface area contributed by atoms with Crippen molar-refractivity contribution < 1.29 is 9.21 Å². The Morgan fingerprint density at radius 3 is 2.89 bits per heavy atom. The van der Waals surface area contributed by atoms with E-state index in [0.29, 0.717) is 18.2 Å². The van der Waals surface area contributed by atoms with Gasteiger partial charge >= 0.3 is 0 Å². The molecule has 1 fully saturated rings. The molecular weight excluding hydrogens is 424 g/mol. The third-order valence-corrected chi connectivity index (χ3v) is 6.68. The van der Waals surface area contributed by atoms with E-state index in [2.05, 4.69) is 43.7 Å². The number of aryl methyl sites for hydroxylation is 1. The summed E-state index contributed by atoms with van der Waals surface area (Å²) in [7, 11) is 0. The SMILES string of the molecule is Cc1c(C(=O)NCC2CCN(Cc3cccs3)CC2)oc2ccc(Br)cc12. The van der Waals surface area contributed by atoms with Crippen molar-refractivity contribution in [1.82, 2.24) is 10.2 Å². The number of halogens is 1. The van der Waals surface area contributed by atoms with Crippen LogP contribution < -0.4 is 5.32 Å². The number of nitrogens with zero attached hydrogens (tertiary/aromatic N) is 1. The van der Waals surface area contributed by atoms with Crippen LogP contribution in [0.15, 0.2) is 44.6 Å². The highest BCUT2D eigenvalue weighted by molar-refractivity contribution is 9.10. The molecule has 1 amide bonds. The van der Waals surface area contributed by atoms with E-state index in [0.717, 1.165) is 53.5 Å². The van der Waals surface area contributed by atoms with E-state index < -0.39 is 0 Å². The van der Waals surface area contributed by atoms with Crippen LogP contribution in [0.3, 0.4) is 0 Å². The van der Waals surface area contributed by atoms with Gasteiger partial charge in [-0.1, -0.05) is 22.0 Å². The van der Waals surface area contributed by atoms with Crippen LogP contribution in [0.25, 0.3) is 11.0 Å². The molecule has 27 heavy (non-hydrogen) atoms. The number of carbonyl (C=O) groups excluding carboxylic acids is 1. The first-order valence-corrected chi connectivity index (χ1v) is 11.0. The zero-order valence-electron chi connectivity index (χ0n) is 15.3. The van der Waals surface area contributed by atoms with Gasteiger partial charge in [0.05, 0.1) is 0 Å². The maximum atomic E-state index is 12.6. The first kappa shape index (κ1) is 18.7. The second-order valence-electron chi connectivity index (χ2n) is 7.21. The molecule has 0 aliphatic carbocycles. The molecule has 6 heteroatoms. The normalized spacial score (nSPS) is 16.1. The molecule has 1 aromatic carbocycles. The van der Waals surface area contributed by atoms with Crippen molar-refractivity contribution in [2.45, 2.75) is 26.3 Å². The minimum Gasteiger partial charge on any atom is -0.451 e. The zero-order chi connectivity index (χ0) is 18.8. The standard InChI is InChI=1S/C21H23BrN2O2S/c1-14-18-11-16(22)4-5-19(18)26-20(14)21(25)23-12-15-6-8-24(9-7-15)13-17-3-2-10-27-17/h2-5,10-11,15H,6-9,12-13H2,1H3,(H,23,25). The number of nitrogens with one attached hydrogen (secondary N) is 1. The predicted octanol–water partition coefficient (Wildman–Crippen LogP) is 5.21. The summed E-state index contributed by atoms with van der Waals surface area (Å²) >= 11 is 5.29. The summed E-state index contributed by atoms with van der Waals surface area (Å²) < 4.78 is 6.78. The Morgan fingerprint density at radius 1 is 1.33 bits per heavy atom.